The lowest BCUT2D eigenvalue weighted by Gasteiger charge is -2.12. The fourth-order valence-corrected chi connectivity index (χ4v) is 2.00. The molecule has 2 amide bonds. The zero-order valence-electron chi connectivity index (χ0n) is 11.0. The molecule has 100 valence electrons. The molecule has 0 bridgehead atoms. The maximum absolute atomic E-state index is 11.2. The fourth-order valence-electron chi connectivity index (χ4n) is 2.00. The van der Waals surface area contributed by atoms with Crippen LogP contribution < -0.4 is 0 Å². The molecule has 1 aliphatic heterocycles. The van der Waals surface area contributed by atoms with E-state index in [1.807, 2.05) is 0 Å². The number of unbranched alkanes of at least 4 members (excludes halogenated alkanes) is 5. The number of carbonyl (C=O) groups excluding carboxylic acids is 3. The van der Waals surface area contributed by atoms with Gasteiger partial charge in [-0.25, -0.2) is 0 Å². The molecule has 0 atom stereocenters. The monoisotopic (exact) mass is 251 g/mol. The summed E-state index contributed by atoms with van der Waals surface area (Å²) in [7, 11) is 0. The first-order chi connectivity index (χ1) is 8.61. The third-order valence-electron chi connectivity index (χ3n) is 3.06. The Labute approximate surface area is 108 Å². The molecule has 0 aromatic carbocycles. The van der Waals surface area contributed by atoms with Crippen LogP contribution in [-0.2, 0) is 14.4 Å². The van der Waals surface area contributed by atoms with E-state index in [0.717, 1.165) is 38.5 Å². The lowest BCUT2D eigenvalue weighted by Crippen LogP contribution is -2.30. The van der Waals surface area contributed by atoms with Crippen molar-refractivity contribution >= 4 is 17.6 Å². The molecule has 0 unspecified atom stereocenters. The van der Waals surface area contributed by atoms with Crippen LogP contribution in [-0.4, -0.2) is 29.0 Å². The molecule has 1 heterocycles. The molecule has 0 fully saturated rings. The molecule has 4 nitrogen and oxygen atoms in total. The Morgan fingerprint density at radius 1 is 0.944 bits per heavy atom. The average Bonchev–Trinajstić information content (AvgIpc) is 2.63. The molecular formula is C14H21NO3. The Balaban J connectivity index is 1.94. The molecule has 1 rings (SSSR count). The normalized spacial score (nSPS) is 14.6. The van der Waals surface area contributed by atoms with Crippen LogP contribution in [0, 0.1) is 0 Å². The van der Waals surface area contributed by atoms with Gasteiger partial charge in [0, 0.05) is 25.1 Å². The van der Waals surface area contributed by atoms with Gasteiger partial charge in [-0.15, -0.1) is 0 Å². The number of carbonyl (C=O) groups is 3. The lowest BCUT2D eigenvalue weighted by atomic mass is 10.1. The number of amides is 2. The van der Waals surface area contributed by atoms with Gasteiger partial charge in [0.2, 0.25) is 0 Å². The van der Waals surface area contributed by atoms with Crippen LogP contribution in [0.5, 0.6) is 0 Å². The van der Waals surface area contributed by atoms with E-state index in [1.165, 1.54) is 17.1 Å². The molecule has 0 radical (unpaired) electrons. The van der Waals surface area contributed by atoms with Gasteiger partial charge in [0.05, 0.1) is 0 Å². The van der Waals surface area contributed by atoms with E-state index < -0.39 is 0 Å². The van der Waals surface area contributed by atoms with Crippen LogP contribution >= 0.6 is 0 Å². The summed E-state index contributed by atoms with van der Waals surface area (Å²) < 4.78 is 0. The van der Waals surface area contributed by atoms with E-state index in [1.54, 1.807) is 6.92 Å². The van der Waals surface area contributed by atoms with Gasteiger partial charge in [-0.2, -0.15) is 0 Å². The Morgan fingerprint density at radius 3 is 2.00 bits per heavy atom. The molecule has 0 spiro atoms. The van der Waals surface area contributed by atoms with Crippen LogP contribution in [0.3, 0.4) is 0 Å². The maximum atomic E-state index is 11.2. The van der Waals surface area contributed by atoms with E-state index in [9.17, 15) is 14.4 Å². The van der Waals surface area contributed by atoms with E-state index in [4.69, 9.17) is 0 Å². The minimum absolute atomic E-state index is 0.193. The Hall–Kier alpha value is -1.45. The van der Waals surface area contributed by atoms with Crippen molar-refractivity contribution in [2.45, 2.75) is 51.9 Å². The zero-order valence-corrected chi connectivity index (χ0v) is 11.0. The van der Waals surface area contributed by atoms with E-state index in [2.05, 4.69) is 0 Å². The topological polar surface area (TPSA) is 54.5 Å². The third kappa shape index (κ3) is 5.25. The number of ketones is 1. The second-order valence-corrected chi connectivity index (χ2v) is 4.73. The minimum Gasteiger partial charge on any atom is -0.300 e. The summed E-state index contributed by atoms with van der Waals surface area (Å²) in [5, 5.41) is 0. The van der Waals surface area contributed by atoms with Gasteiger partial charge < -0.3 is 4.79 Å². The highest BCUT2D eigenvalue weighted by Crippen LogP contribution is 2.10. The highest BCUT2D eigenvalue weighted by Gasteiger charge is 2.21. The number of nitrogens with zero attached hydrogens (tertiary/aromatic N) is 1. The predicted octanol–water partition coefficient (Wildman–Crippen LogP) is 2.23. The van der Waals surface area contributed by atoms with Crippen molar-refractivity contribution in [3.05, 3.63) is 12.2 Å². The zero-order chi connectivity index (χ0) is 13.4. The van der Waals surface area contributed by atoms with Crippen molar-refractivity contribution in [2.24, 2.45) is 0 Å². The van der Waals surface area contributed by atoms with Crippen molar-refractivity contribution < 1.29 is 14.4 Å². The highest BCUT2D eigenvalue weighted by molar-refractivity contribution is 6.12. The molecule has 0 saturated heterocycles. The van der Waals surface area contributed by atoms with Gasteiger partial charge in [0.15, 0.2) is 0 Å². The van der Waals surface area contributed by atoms with Gasteiger partial charge in [0.25, 0.3) is 11.8 Å². The largest absolute Gasteiger partial charge is 0.300 e. The molecular weight excluding hydrogens is 230 g/mol. The van der Waals surface area contributed by atoms with E-state index in [-0.39, 0.29) is 17.6 Å². The first-order valence-corrected chi connectivity index (χ1v) is 6.64. The number of Topliss-reactive ketones (excluding diaryl/α,β-unsaturated/α-hetero) is 1. The van der Waals surface area contributed by atoms with Crippen molar-refractivity contribution in [3.63, 3.8) is 0 Å². The van der Waals surface area contributed by atoms with Crippen molar-refractivity contribution in [3.8, 4) is 0 Å². The van der Waals surface area contributed by atoms with Crippen molar-refractivity contribution in [1.82, 2.24) is 4.90 Å². The van der Waals surface area contributed by atoms with Crippen molar-refractivity contribution in [1.29, 1.82) is 0 Å². The molecule has 4 heteroatoms. The Kier molecular flexibility index (Phi) is 6.33. The van der Waals surface area contributed by atoms with Gasteiger partial charge in [0.1, 0.15) is 5.78 Å². The summed E-state index contributed by atoms with van der Waals surface area (Å²) in [5.74, 6) is -0.128. The van der Waals surface area contributed by atoms with Gasteiger partial charge in [-0.3, -0.25) is 14.5 Å². The molecule has 0 saturated carbocycles. The highest BCUT2D eigenvalue weighted by atomic mass is 16.2. The van der Waals surface area contributed by atoms with Crippen LogP contribution in [0.2, 0.25) is 0 Å². The third-order valence-corrected chi connectivity index (χ3v) is 3.06. The maximum Gasteiger partial charge on any atom is 0.253 e. The lowest BCUT2D eigenvalue weighted by molar-refractivity contribution is -0.136. The predicted molar refractivity (Wildman–Crippen MR) is 68.9 cm³/mol. The summed E-state index contributed by atoms with van der Waals surface area (Å²) >= 11 is 0. The molecule has 0 N–H and O–H groups in total. The first kappa shape index (κ1) is 14.6. The fraction of sp³-hybridized carbons (Fsp3) is 0.643. The molecule has 0 aliphatic carbocycles. The quantitative estimate of drug-likeness (QED) is 0.466. The molecule has 1 aliphatic rings. The van der Waals surface area contributed by atoms with Gasteiger partial charge >= 0.3 is 0 Å². The summed E-state index contributed by atoms with van der Waals surface area (Å²) in [6.45, 7) is 2.15. The second-order valence-electron chi connectivity index (χ2n) is 4.73. The summed E-state index contributed by atoms with van der Waals surface area (Å²) in [5.41, 5.74) is 0. The van der Waals surface area contributed by atoms with Crippen LogP contribution in [0.1, 0.15) is 51.9 Å². The van der Waals surface area contributed by atoms with E-state index >= 15 is 0 Å². The first-order valence-electron chi connectivity index (χ1n) is 6.64. The second kappa shape index (κ2) is 7.80. The average molecular weight is 251 g/mol. The van der Waals surface area contributed by atoms with Gasteiger partial charge in [-0.05, 0) is 19.8 Å². The minimum atomic E-state index is -0.193. The van der Waals surface area contributed by atoms with Crippen LogP contribution in [0.25, 0.3) is 0 Å². The number of hydrogen-bond acceptors (Lipinski definition) is 3. The summed E-state index contributed by atoms with van der Waals surface area (Å²) in [6, 6.07) is 0. The number of imide groups is 1. The van der Waals surface area contributed by atoms with Gasteiger partial charge in [-0.1, -0.05) is 25.7 Å². The Bertz CT molecular complexity index is 329. The summed E-state index contributed by atoms with van der Waals surface area (Å²) in [6.07, 6.45) is 9.50. The summed E-state index contributed by atoms with van der Waals surface area (Å²) in [4.78, 5) is 34.5. The molecule has 18 heavy (non-hydrogen) atoms. The molecule has 0 aromatic heterocycles. The smallest absolute Gasteiger partial charge is 0.253 e. The Morgan fingerprint density at radius 2 is 1.44 bits per heavy atom. The van der Waals surface area contributed by atoms with Crippen molar-refractivity contribution in [2.75, 3.05) is 6.54 Å². The number of hydrogen-bond donors (Lipinski definition) is 0. The number of rotatable bonds is 9. The molecule has 0 aromatic rings. The van der Waals surface area contributed by atoms with Crippen LogP contribution in [0.4, 0.5) is 0 Å². The van der Waals surface area contributed by atoms with Crippen LogP contribution in [0.15, 0.2) is 12.2 Å². The van der Waals surface area contributed by atoms with E-state index in [0.29, 0.717) is 13.0 Å². The standard InChI is InChI=1S/C14H21NO3/c1-12(16)8-6-4-2-3-5-7-11-15-13(17)9-10-14(15)18/h9-10H,2-8,11H2,1H3. The SMILES string of the molecule is CC(=O)CCCCCCCCN1C(=O)C=CC1=O.